The summed E-state index contributed by atoms with van der Waals surface area (Å²) in [5.74, 6) is 0.991. The highest BCUT2D eigenvalue weighted by Crippen LogP contribution is 2.28. The van der Waals surface area contributed by atoms with Gasteiger partial charge < -0.3 is 14.8 Å². The summed E-state index contributed by atoms with van der Waals surface area (Å²) < 4.78 is 11.9. The molecule has 4 rings (SSSR count). The average molecular weight is 439 g/mol. The van der Waals surface area contributed by atoms with Crippen LogP contribution in [-0.4, -0.2) is 17.0 Å². The molecular weight excluding hydrogens is 412 g/mol. The number of hydrogen-bond acceptors (Lipinski definition) is 4. The van der Waals surface area contributed by atoms with Crippen LogP contribution in [0.5, 0.6) is 11.6 Å². The molecule has 0 radical (unpaired) electrons. The van der Waals surface area contributed by atoms with Gasteiger partial charge in [-0.25, -0.2) is 4.98 Å². The number of nitrogens with zero attached hydrogens (tertiary/aromatic N) is 1. The highest BCUT2D eigenvalue weighted by atomic mass is 16.5. The van der Waals surface area contributed by atoms with E-state index in [4.69, 9.17) is 9.47 Å². The Bertz CT molecular complexity index is 1120. The minimum Gasteiger partial charge on any atom is -0.491 e. The van der Waals surface area contributed by atoms with Gasteiger partial charge in [0.05, 0.1) is 18.0 Å². The van der Waals surface area contributed by atoms with Crippen molar-refractivity contribution < 1.29 is 14.3 Å². The summed E-state index contributed by atoms with van der Waals surface area (Å²) >= 11 is 0. The van der Waals surface area contributed by atoms with Crippen molar-refractivity contribution in [3.8, 4) is 11.6 Å². The van der Waals surface area contributed by atoms with Crippen molar-refractivity contribution in [2.24, 2.45) is 0 Å². The summed E-state index contributed by atoms with van der Waals surface area (Å²) in [6.07, 6.45) is 1.39. The predicted molar refractivity (Wildman–Crippen MR) is 130 cm³/mol. The van der Waals surface area contributed by atoms with Gasteiger partial charge in [0.15, 0.2) is 6.10 Å². The smallest absolute Gasteiger partial charge is 0.255 e. The lowest BCUT2D eigenvalue weighted by atomic mass is 10.0. The Balaban J connectivity index is 1.44. The summed E-state index contributed by atoms with van der Waals surface area (Å²) in [5.41, 5.74) is 3.20. The minimum atomic E-state index is -0.285. The third kappa shape index (κ3) is 5.98. The molecule has 33 heavy (non-hydrogen) atoms. The SMILES string of the molecule is CC(C)Oc1ccc(C(=O)Nc2ccc(OC(c3ccccc3)c3ccccc3)nc2)cc1. The normalized spacial score (nSPS) is 10.8. The van der Waals surface area contributed by atoms with E-state index in [2.05, 4.69) is 10.3 Å². The van der Waals surface area contributed by atoms with Gasteiger partial charge in [-0.3, -0.25) is 4.79 Å². The first-order chi connectivity index (χ1) is 16.1. The summed E-state index contributed by atoms with van der Waals surface area (Å²) in [6.45, 7) is 3.92. The Morgan fingerprint density at radius 1 is 0.758 bits per heavy atom. The van der Waals surface area contributed by atoms with Gasteiger partial charge in [-0.15, -0.1) is 0 Å². The van der Waals surface area contributed by atoms with Gasteiger partial charge in [0, 0.05) is 11.6 Å². The summed E-state index contributed by atoms with van der Waals surface area (Å²) in [6, 6.07) is 30.6. The molecule has 0 spiro atoms. The van der Waals surface area contributed by atoms with Crippen LogP contribution < -0.4 is 14.8 Å². The van der Waals surface area contributed by atoms with E-state index in [1.54, 1.807) is 42.6 Å². The minimum absolute atomic E-state index is 0.0832. The Morgan fingerprint density at radius 2 is 1.36 bits per heavy atom. The molecule has 0 unspecified atom stereocenters. The summed E-state index contributed by atoms with van der Waals surface area (Å²) in [5, 5.41) is 2.86. The highest BCUT2D eigenvalue weighted by molar-refractivity contribution is 6.04. The zero-order valence-corrected chi connectivity index (χ0v) is 18.6. The van der Waals surface area contributed by atoms with Crippen molar-refractivity contribution >= 4 is 11.6 Å². The van der Waals surface area contributed by atoms with E-state index >= 15 is 0 Å². The Kier molecular flexibility index (Phi) is 7.00. The van der Waals surface area contributed by atoms with Gasteiger partial charge in [-0.2, -0.15) is 0 Å². The number of pyridine rings is 1. The fourth-order valence-corrected chi connectivity index (χ4v) is 3.39. The second-order valence-corrected chi connectivity index (χ2v) is 7.85. The molecule has 0 aliphatic heterocycles. The molecule has 0 saturated carbocycles. The lowest BCUT2D eigenvalue weighted by molar-refractivity contribution is 0.102. The van der Waals surface area contributed by atoms with E-state index in [1.165, 1.54) is 0 Å². The fraction of sp³-hybridized carbons (Fsp3) is 0.143. The average Bonchev–Trinajstić information content (AvgIpc) is 2.85. The van der Waals surface area contributed by atoms with Crippen LogP contribution in [0, 0.1) is 0 Å². The maximum absolute atomic E-state index is 12.6. The first kappa shape index (κ1) is 22.1. The van der Waals surface area contributed by atoms with Crippen molar-refractivity contribution in [1.82, 2.24) is 4.98 Å². The first-order valence-electron chi connectivity index (χ1n) is 10.9. The lowest BCUT2D eigenvalue weighted by Crippen LogP contribution is -2.13. The number of carbonyl (C=O) groups excluding carboxylic acids is 1. The van der Waals surface area contributed by atoms with Crippen LogP contribution >= 0.6 is 0 Å². The Morgan fingerprint density at radius 3 is 1.88 bits per heavy atom. The molecule has 166 valence electrons. The molecule has 1 aromatic heterocycles. The van der Waals surface area contributed by atoms with Crippen LogP contribution in [0.25, 0.3) is 0 Å². The van der Waals surface area contributed by atoms with Gasteiger partial charge in [-0.1, -0.05) is 60.7 Å². The number of nitrogens with one attached hydrogen (secondary N) is 1. The molecule has 1 amide bonds. The Labute approximate surface area is 194 Å². The van der Waals surface area contributed by atoms with E-state index in [9.17, 15) is 4.79 Å². The maximum atomic E-state index is 12.6. The van der Waals surface area contributed by atoms with Gasteiger partial charge in [0.25, 0.3) is 5.91 Å². The van der Waals surface area contributed by atoms with Crippen LogP contribution in [0.3, 0.4) is 0 Å². The number of aromatic nitrogens is 1. The monoisotopic (exact) mass is 438 g/mol. The van der Waals surface area contributed by atoms with E-state index in [0.717, 1.165) is 16.9 Å². The van der Waals surface area contributed by atoms with Crippen LogP contribution in [0.4, 0.5) is 5.69 Å². The molecule has 5 nitrogen and oxygen atoms in total. The van der Waals surface area contributed by atoms with E-state index < -0.39 is 0 Å². The number of carbonyl (C=O) groups is 1. The highest BCUT2D eigenvalue weighted by Gasteiger charge is 2.16. The molecule has 4 aromatic rings. The van der Waals surface area contributed by atoms with Gasteiger partial charge in [0.2, 0.25) is 5.88 Å². The van der Waals surface area contributed by atoms with Crippen LogP contribution in [-0.2, 0) is 0 Å². The van der Waals surface area contributed by atoms with Gasteiger partial charge in [-0.05, 0) is 55.3 Å². The third-order valence-corrected chi connectivity index (χ3v) is 4.93. The van der Waals surface area contributed by atoms with Crippen LogP contribution in [0.15, 0.2) is 103 Å². The molecule has 0 fully saturated rings. The number of hydrogen-bond donors (Lipinski definition) is 1. The summed E-state index contributed by atoms with van der Waals surface area (Å²) in [7, 11) is 0. The molecule has 0 aliphatic rings. The molecule has 0 bridgehead atoms. The van der Waals surface area contributed by atoms with Crippen molar-refractivity contribution in [1.29, 1.82) is 0 Å². The predicted octanol–water partition coefficient (Wildman–Crippen LogP) is 6.29. The standard InChI is InChI=1S/C28H26N2O3/c1-20(2)32-25-16-13-23(14-17-25)28(31)30-24-15-18-26(29-19-24)33-27(21-9-5-3-6-10-21)22-11-7-4-8-12-22/h3-20,27H,1-2H3,(H,30,31). The molecule has 1 heterocycles. The zero-order chi connectivity index (χ0) is 23.0. The first-order valence-corrected chi connectivity index (χ1v) is 10.9. The van der Waals surface area contributed by atoms with Gasteiger partial charge >= 0.3 is 0 Å². The fourth-order valence-electron chi connectivity index (χ4n) is 3.39. The van der Waals surface area contributed by atoms with Crippen molar-refractivity contribution in [3.63, 3.8) is 0 Å². The van der Waals surface area contributed by atoms with E-state index in [0.29, 0.717) is 17.1 Å². The number of ether oxygens (including phenoxy) is 2. The molecule has 0 saturated heterocycles. The largest absolute Gasteiger partial charge is 0.491 e. The molecule has 0 atom stereocenters. The van der Waals surface area contributed by atoms with Crippen LogP contribution in [0.1, 0.15) is 41.4 Å². The lowest BCUT2D eigenvalue weighted by Gasteiger charge is -2.19. The Hall–Kier alpha value is -4.12. The quantitative estimate of drug-likeness (QED) is 0.351. The molecule has 5 heteroatoms. The number of amides is 1. The number of benzene rings is 3. The molecule has 0 aliphatic carbocycles. The second-order valence-electron chi connectivity index (χ2n) is 7.85. The summed E-state index contributed by atoms with van der Waals surface area (Å²) in [4.78, 5) is 17.0. The molecule has 1 N–H and O–H groups in total. The molecule has 3 aromatic carbocycles. The molecular formula is C28H26N2O3. The van der Waals surface area contributed by atoms with Crippen LogP contribution in [0.2, 0.25) is 0 Å². The second kappa shape index (κ2) is 10.5. The van der Waals surface area contributed by atoms with Crippen molar-refractivity contribution in [2.75, 3.05) is 5.32 Å². The number of rotatable bonds is 8. The number of anilines is 1. The van der Waals surface area contributed by atoms with E-state index in [1.807, 2.05) is 74.5 Å². The van der Waals surface area contributed by atoms with Crippen molar-refractivity contribution in [3.05, 3.63) is 120 Å². The zero-order valence-electron chi connectivity index (χ0n) is 18.6. The van der Waals surface area contributed by atoms with Crippen molar-refractivity contribution in [2.45, 2.75) is 26.1 Å². The van der Waals surface area contributed by atoms with Gasteiger partial charge in [0.1, 0.15) is 5.75 Å². The topological polar surface area (TPSA) is 60.5 Å². The third-order valence-electron chi connectivity index (χ3n) is 4.93. The van der Waals surface area contributed by atoms with E-state index in [-0.39, 0.29) is 18.1 Å². The maximum Gasteiger partial charge on any atom is 0.255 e.